The molecule has 1 amide bonds. The molecular weight excluding hydrogens is 307 g/mol. The third kappa shape index (κ3) is 4.09. The van der Waals surface area contributed by atoms with Crippen molar-refractivity contribution in [2.24, 2.45) is 0 Å². The SMILES string of the molecule is N#C/C(=C\c1ccc(Cl)cc1)C(=O)Nc1ccccc1Cl. The van der Waals surface area contributed by atoms with E-state index in [4.69, 9.17) is 28.5 Å². The van der Waals surface area contributed by atoms with Gasteiger partial charge in [-0.3, -0.25) is 4.79 Å². The molecule has 2 rings (SSSR count). The van der Waals surface area contributed by atoms with Crippen LogP contribution in [-0.4, -0.2) is 5.91 Å². The van der Waals surface area contributed by atoms with Crippen molar-refractivity contribution in [2.75, 3.05) is 5.32 Å². The fourth-order valence-corrected chi connectivity index (χ4v) is 1.94. The van der Waals surface area contributed by atoms with Gasteiger partial charge in [-0.05, 0) is 35.9 Å². The number of carbonyl (C=O) groups excluding carboxylic acids is 1. The molecular formula is C16H10Cl2N2O. The molecule has 0 saturated heterocycles. The van der Waals surface area contributed by atoms with E-state index < -0.39 is 5.91 Å². The molecule has 5 heteroatoms. The van der Waals surface area contributed by atoms with Crippen LogP contribution in [0.15, 0.2) is 54.1 Å². The summed E-state index contributed by atoms with van der Waals surface area (Å²) in [6.45, 7) is 0. The van der Waals surface area contributed by atoms with Gasteiger partial charge in [-0.25, -0.2) is 0 Å². The number of nitrogens with zero attached hydrogens (tertiary/aromatic N) is 1. The molecule has 0 aliphatic carbocycles. The number of benzene rings is 2. The lowest BCUT2D eigenvalue weighted by Gasteiger charge is -2.06. The van der Waals surface area contributed by atoms with Crippen molar-refractivity contribution in [1.29, 1.82) is 5.26 Å². The number of nitrogens with one attached hydrogen (secondary N) is 1. The molecule has 0 heterocycles. The number of nitriles is 1. The zero-order valence-electron chi connectivity index (χ0n) is 10.8. The largest absolute Gasteiger partial charge is 0.320 e. The number of para-hydroxylation sites is 1. The van der Waals surface area contributed by atoms with Gasteiger partial charge in [-0.1, -0.05) is 47.5 Å². The molecule has 0 aliphatic heterocycles. The molecule has 0 atom stereocenters. The van der Waals surface area contributed by atoms with Gasteiger partial charge in [-0.15, -0.1) is 0 Å². The van der Waals surface area contributed by atoms with Gasteiger partial charge in [0.25, 0.3) is 5.91 Å². The predicted octanol–water partition coefficient (Wildman–Crippen LogP) is 4.54. The standard InChI is InChI=1S/C16H10Cl2N2O/c17-13-7-5-11(6-8-13)9-12(10-19)16(21)20-15-4-2-1-3-14(15)18/h1-9H,(H,20,21)/b12-9+. The summed E-state index contributed by atoms with van der Waals surface area (Å²) < 4.78 is 0. The van der Waals surface area contributed by atoms with Crippen molar-refractivity contribution >= 4 is 40.9 Å². The Morgan fingerprint density at radius 2 is 1.76 bits per heavy atom. The van der Waals surface area contributed by atoms with Gasteiger partial charge >= 0.3 is 0 Å². The lowest BCUT2D eigenvalue weighted by Crippen LogP contribution is -2.13. The zero-order valence-corrected chi connectivity index (χ0v) is 12.3. The second-order valence-electron chi connectivity index (χ2n) is 4.16. The molecule has 2 aromatic rings. The number of hydrogen-bond acceptors (Lipinski definition) is 2. The lowest BCUT2D eigenvalue weighted by molar-refractivity contribution is -0.112. The van der Waals surface area contributed by atoms with Crippen LogP contribution in [0.2, 0.25) is 10.0 Å². The first kappa shape index (κ1) is 15.1. The van der Waals surface area contributed by atoms with Crippen molar-refractivity contribution in [2.45, 2.75) is 0 Å². The van der Waals surface area contributed by atoms with Crippen LogP contribution in [-0.2, 0) is 4.79 Å². The molecule has 0 fully saturated rings. The average Bonchev–Trinajstić information content (AvgIpc) is 2.49. The number of anilines is 1. The van der Waals surface area contributed by atoms with Crippen molar-refractivity contribution in [3.8, 4) is 6.07 Å². The number of halogens is 2. The Bertz CT molecular complexity index is 731. The first-order chi connectivity index (χ1) is 10.1. The highest BCUT2D eigenvalue weighted by molar-refractivity contribution is 6.34. The van der Waals surface area contributed by atoms with Gasteiger partial charge in [0.2, 0.25) is 0 Å². The number of carbonyl (C=O) groups is 1. The molecule has 0 radical (unpaired) electrons. The Balaban J connectivity index is 2.21. The topological polar surface area (TPSA) is 52.9 Å². The lowest BCUT2D eigenvalue weighted by atomic mass is 10.1. The summed E-state index contributed by atoms with van der Waals surface area (Å²) in [4.78, 5) is 12.1. The minimum atomic E-state index is -0.513. The highest BCUT2D eigenvalue weighted by Crippen LogP contribution is 2.21. The first-order valence-electron chi connectivity index (χ1n) is 6.03. The highest BCUT2D eigenvalue weighted by Gasteiger charge is 2.11. The Morgan fingerprint density at radius 3 is 2.38 bits per heavy atom. The van der Waals surface area contributed by atoms with Crippen LogP contribution in [0.25, 0.3) is 6.08 Å². The van der Waals surface area contributed by atoms with E-state index in [0.29, 0.717) is 21.3 Å². The van der Waals surface area contributed by atoms with Crippen LogP contribution in [0.1, 0.15) is 5.56 Å². The van der Waals surface area contributed by atoms with Crippen LogP contribution in [0.3, 0.4) is 0 Å². The van der Waals surface area contributed by atoms with Gasteiger partial charge in [0.1, 0.15) is 11.6 Å². The molecule has 0 bridgehead atoms. The van der Waals surface area contributed by atoms with Crippen LogP contribution in [0.4, 0.5) is 5.69 Å². The predicted molar refractivity (Wildman–Crippen MR) is 85.1 cm³/mol. The van der Waals surface area contributed by atoms with E-state index in [1.165, 1.54) is 6.08 Å². The fraction of sp³-hybridized carbons (Fsp3) is 0. The Kier molecular flexibility index (Phi) is 4.99. The van der Waals surface area contributed by atoms with E-state index in [1.54, 1.807) is 48.5 Å². The minimum Gasteiger partial charge on any atom is -0.320 e. The maximum Gasteiger partial charge on any atom is 0.266 e. The fourth-order valence-electron chi connectivity index (χ4n) is 1.63. The van der Waals surface area contributed by atoms with Gasteiger partial charge in [0.15, 0.2) is 0 Å². The van der Waals surface area contributed by atoms with Crippen molar-refractivity contribution in [3.05, 3.63) is 69.7 Å². The van der Waals surface area contributed by atoms with Crippen LogP contribution < -0.4 is 5.32 Å². The molecule has 104 valence electrons. The van der Waals surface area contributed by atoms with Crippen molar-refractivity contribution in [3.63, 3.8) is 0 Å². The molecule has 0 spiro atoms. The summed E-state index contributed by atoms with van der Waals surface area (Å²) >= 11 is 11.8. The second kappa shape index (κ2) is 6.94. The number of rotatable bonds is 3. The molecule has 3 nitrogen and oxygen atoms in total. The van der Waals surface area contributed by atoms with Crippen LogP contribution in [0.5, 0.6) is 0 Å². The third-order valence-electron chi connectivity index (χ3n) is 2.67. The van der Waals surface area contributed by atoms with E-state index >= 15 is 0 Å². The monoisotopic (exact) mass is 316 g/mol. The second-order valence-corrected chi connectivity index (χ2v) is 5.00. The summed E-state index contributed by atoms with van der Waals surface area (Å²) in [7, 11) is 0. The Labute approximate surface area is 132 Å². The average molecular weight is 317 g/mol. The minimum absolute atomic E-state index is 0.0164. The maximum absolute atomic E-state index is 12.1. The molecule has 2 aromatic carbocycles. The molecule has 0 saturated carbocycles. The maximum atomic E-state index is 12.1. The number of hydrogen-bond donors (Lipinski definition) is 1. The van der Waals surface area contributed by atoms with Gasteiger partial charge < -0.3 is 5.32 Å². The van der Waals surface area contributed by atoms with Gasteiger partial charge in [-0.2, -0.15) is 5.26 Å². The van der Waals surface area contributed by atoms with Gasteiger partial charge in [0.05, 0.1) is 10.7 Å². The van der Waals surface area contributed by atoms with E-state index in [2.05, 4.69) is 5.32 Å². The van der Waals surface area contributed by atoms with E-state index in [-0.39, 0.29) is 5.57 Å². The summed E-state index contributed by atoms with van der Waals surface area (Å²) in [5.41, 5.74) is 1.16. The first-order valence-corrected chi connectivity index (χ1v) is 6.79. The molecule has 0 unspecified atom stereocenters. The molecule has 0 aliphatic rings. The van der Waals surface area contributed by atoms with Gasteiger partial charge in [0, 0.05) is 5.02 Å². The van der Waals surface area contributed by atoms with Crippen molar-refractivity contribution < 1.29 is 4.79 Å². The van der Waals surface area contributed by atoms with E-state index in [1.807, 2.05) is 6.07 Å². The van der Waals surface area contributed by atoms with Crippen molar-refractivity contribution in [1.82, 2.24) is 0 Å². The summed E-state index contributed by atoms with van der Waals surface area (Å²) in [6, 6.07) is 15.5. The third-order valence-corrected chi connectivity index (χ3v) is 3.25. The molecule has 21 heavy (non-hydrogen) atoms. The van der Waals surface area contributed by atoms with E-state index in [0.717, 1.165) is 0 Å². The smallest absolute Gasteiger partial charge is 0.266 e. The summed E-state index contributed by atoms with van der Waals surface area (Å²) in [5.74, 6) is -0.513. The quantitative estimate of drug-likeness (QED) is 0.667. The van der Waals surface area contributed by atoms with Crippen LogP contribution >= 0.6 is 23.2 Å². The zero-order chi connectivity index (χ0) is 15.2. The normalized spacial score (nSPS) is 10.8. The van der Waals surface area contributed by atoms with Crippen LogP contribution in [0, 0.1) is 11.3 Å². The Morgan fingerprint density at radius 1 is 1.10 bits per heavy atom. The summed E-state index contributed by atoms with van der Waals surface area (Å²) in [6.07, 6.45) is 1.49. The number of amides is 1. The highest BCUT2D eigenvalue weighted by atomic mass is 35.5. The molecule has 1 N–H and O–H groups in total. The summed E-state index contributed by atoms with van der Waals surface area (Å²) in [5, 5.41) is 12.7. The molecule has 0 aromatic heterocycles. The van der Waals surface area contributed by atoms with E-state index in [9.17, 15) is 4.79 Å². The Hall–Kier alpha value is -2.28.